The smallest absolute Gasteiger partial charge is 0.270 e. The topological polar surface area (TPSA) is 86.8 Å². The van der Waals surface area contributed by atoms with Crippen molar-refractivity contribution in [1.29, 1.82) is 0 Å². The predicted molar refractivity (Wildman–Crippen MR) is 90.7 cm³/mol. The second-order valence-corrected chi connectivity index (χ2v) is 5.48. The third kappa shape index (κ3) is 3.40. The fourth-order valence-corrected chi connectivity index (χ4v) is 2.34. The van der Waals surface area contributed by atoms with E-state index in [9.17, 15) is 4.79 Å². The molecule has 3 rings (SSSR count). The van der Waals surface area contributed by atoms with Crippen LogP contribution < -0.4 is 10.2 Å². The van der Waals surface area contributed by atoms with Gasteiger partial charge in [-0.05, 0) is 17.7 Å². The summed E-state index contributed by atoms with van der Waals surface area (Å²) < 4.78 is 0. The van der Waals surface area contributed by atoms with Crippen molar-refractivity contribution in [1.82, 2.24) is 25.5 Å². The van der Waals surface area contributed by atoms with E-state index in [2.05, 4.69) is 25.5 Å². The number of anilines is 1. The number of carbonyl (C=O) groups is 1. The first kappa shape index (κ1) is 15.7. The number of benzene rings is 1. The summed E-state index contributed by atoms with van der Waals surface area (Å²) in [6, 6.07) is 12.8. The third-order valence-corrected chi connectivity index (χ3v) is 3.61. The molecule has 7 heteroatoms. The normalized spacial score (nSPS) is 11.8. The number of aromatic amines is 1. The largest absolute Gasteiger partial charge is 0.378 e. The van der Waals surface area contributed by atoms with E-state index in [-0.39, 0.29) is 5.91 Å². The van der Waals surface area contributed by atoms with E-state index in [1.165, 1.54) is 6.33 Å². The van der Waals surface area contributed by atoms with Crippen LogP contribution in [0.2, 0.25) is 0 Å². The van der Waals surface area contributed by atoms with Crippen molar-refractivity contribution in [2.45, 2.75) is 6.04 Å². The number of nitrogens with zero attached hydrogens (tertiary/aromatic N) is 4. The van der Waals surface area contributed by atoms with Crippen molar-refractivity contribution in [3.63, 3.8) is 0 Å². The van der Waals surface area contributed by atoms with Gasteiger partial charge in [0.1, 0.15) is 18.1 Å². The van der Waals surface area contributed by atoms with Crippen LogP contribution in [0.3, 0.4) is 0 Å². The molecule has 0 aliphatic carbocycles. The Kier molecular flexibility index (Phi) is 4.51. The first-order valence-electron chi connectivity index (χ1n) is 7.49. The van der Waals surface area contributed by atoms with Crippen molar-refractivity contribution in [2.24, 2.45) is 0 Å². The summed E-state index contributed by atoms with van der Waals surface area (Å²) in [6.45, 7) is 0. The molecule has 0 aliphatic heterocycles. The van der Waals surface area contributed by atoms with E-state index < -0.39 is 6.04 Å². The summed E-state index contributed by atoms with van der Waals surface area (Å²) in [5.41, 5.74) is 2.17. The van der Waals surface area contributed by atoms with Crippen LogP contribution in [0.4, 0.5) is 5.69 Å². The standard InChI is InChI=1S/C17H18N6O/c1-23(2)13-8-9-18-14(10-13)17(24)21-15(16-19-11-20-22-16)12-6-4-3-5-7-12/h3-11,15H,1-2H3,(H,21,24)(H,19,20,22)/t15-/m0/s1. The van der Waals surface area contributed by atoms with Gasteiger partial charge in [-0.15, -0.1) is 0 Å². The summed E-state index contributed by atoms with van der Waals surface area (Å²) in [5.74, 6) is 0.294. The number of hydrogen-bond acceptors (Lipinski definition) is 5. The minimum atomic E-state index is -0.425. The number of pyridine rings is 1. The van der Waals surface area contributed by atoms with Gasteiger partial charge in [-0.2, -0.15) is 5.10 Å². The van der Waals surface area contributed by atoms with Gasteiger partial charge in [-0.25, -0.2) is 4.98 Å². The maximum atomic E-state index is 12.6. The Labute approximate surface area is 139 Å². The molecule has 2 aromatic heterocycles. The Hall–Kier alpha value is -3.22. The van der Waals surface area contributed by atoms with Gasteiger partial charge < -0.3 is 10.2 Å². The molecular formula is C17H18N6O. The Morgan fingerprint density at radius 3 is 2.62 bits per heavy atom. The van der Waals surface area contributed by atoms with Crippen molar-refractivity contribution >= 4 is 11.6 Å². The SMILES string of the molecule is CN(C)c1ccnc(C(=O)N[C@@H](c2ccccc2)c2ncn[nH]2)c1. The Bertz CT molecular complexity index is 801. The first-order chi connectivity index (χ1) is 11.6. The Morgan fingerprint density at radius 1 is 1.17 bits per heavy atom. The average molecular weight is 322 g/mol. The summed E-state index contributed by atoms with van der Waals surface area (Å²) in [6.07, 6.45) is 3.04. The predicted octanol–water partition coefficient (Wildman–Crippen LogP) is 1.79. The van der Waals surface area contributed by atoms with Gasteiger partial charge in [0.15, 0.2) is 5.82 Å². The van der Waals surface area contributed by atoms with Crippen molar-refractivity contribution in [2.75, 3.05) is 19.0 Å². The monoisotopic (exact) mass is 322 g/mol. The van der Waals surface area contributed by atoms with Crippen LogP contribution >= 0.6 is 0 Å². The van der Waals surface area contributed by atoms with Crippen LogP contribution in [-0.2, 0) is 0 Å². The quantitative estimate of drug-likeness (QED) is 0.748. The van der Waals surface area contributed by atoms with Gasteiger partial charge in [-0.3, -0.25) is 14.9 Å². The molecule has 7 nitrogen and oxygen atoms in total. The zero-order valence-electron chi connectivity index (χ0n) is 13.5. The van der Waals surface area contributed by atoms with Crippen LogP contribution in [0, 0.1) is 0 Å². The van der Waals surface area contributed by atoms with Crippen LogP contribution in [0.5, 0.6) is 0 Å². The second-order valence-electron chi connectivity index (χ2n) is 5.48. The number of H-pyrrole nitrogens is 1. The third-order valence-electron chi connectivity index (χ3n) is 3.61. The van der Waals surface area contributed by atoms with E-state index in [1.54, 1.807) is 12.3 Å². The molecule has 0 bridgehead atoms. The van der Waals surface area contributed by atoms with Gasteiger partial charge in [0.2, 0.25) is 0 Å². The van der Waals surface area contributed by atoms with Crippen molar-refractivity contribution in [3.8, 4) is 0 Å². The lowest BCUT2D eigenvalue weighted by Crippen LogP contribution is -2.31. The Balaban J connectivity index is 1.88. The van der Waals surface area contributed by atoms with E-state index in [0.717, 1.165) is 11.3 Å². The number of amides is 1. The van der Waals surface area contributed by atoms with Crippen LogP contribution in [0.15, 0.2) is 55.0 Å². The molecular weight excluding hydrogens is 304 g/mol. The molecule has 0 saturated carbocycles. The van der Waals surface area contributed by atoms with Gasteiger partial charge in [0.05, 0.1) is 0 Å². The lowest BCUT2D eigenvalue weighted by atomic mass is 10.1. The van der Waals surface area contributed by atoms with E-state index in [4.69, 9.17) is 0 Å². The summed E-state index contributed by atoms with van der Waals surface area (Å²) in [4.78, 5) is 22.9. The molecule has 0 fully saturated rings. The minimum absolute atomic E-state index is 0.274. The molecule has 2 N–H and O–H groups in total. The molecule has 1 atom stereocenters. The summed E-state index contributed by atoms with van der Waals surface area (Å²) in [7, 11) is 3.83. The molecule has 0 radical (unpaired) electrons. The fraction of sp³-hybridized carbons (Fsp3) is 0.176. The molecule has 2 heterocycles. The highest BCUT2D eigenvalue weighted by Gasteiger charge is 2.21. The molecule has 0 aliphatic rings. The maximum absolute atomic E-state index is 12.6. The number of carbonyl (C=O) groups excluding carboxylic acids is 1. The molecule has 122 valence electrons. The molecule has 24 heavy (non-hydrogen) atoms. The number of aromatic nitrogens is 4. The highest BCUT2D eigenvalue weighted by atomic mass is 16.1. The average Bonchev–Trinajstić information content (AvgIpc) is 3.14. The highest BCUT2D eigenvalue weighted by molar-refractivity contribution is 5.93. The lowest BCUT2D eigenvalue weighted by molar-refractivity contribution is 0.0936. The molecule has 0 spiro atoms. The number of rotatable bonds is 5. The number of hydrogen-bond donors (Lipinski definition) is 2. The number of nitrogens with one attached hydrogen (secondary N) is 2. The van der Waals surface area contributed by atoms with E-state index in [1.807, 2.05) is 55.4 Å². The molecule has 1 amide bonds. The van der Waals surface area contributed by atoms with Crippen molar-refractivity contribution < 1.29 is 4.79 Å². The fourth-order valence-electron chi connectivity index (χ4n) is 2.34. The maximum Gasteiger partial charge on any atom is 0.270 e. The first-order valence-corrected chi connectivity index (χ1v) is 7.49. The van der Waals surface area contributed by atoms with Gasteiger partial charge in [-0.1, -0.05) is 30.3 Å². The molecule has 3 aromatic rings. The van der Waals surface area contributed by atoms with Crippen LogP contribution in [-0.4, -0.2) is 40.2 Å². The lowest BCUT2D eigenvalue weighted by Gasteiger charge is -2.17. The van der Waals surface area contributed by atoms with Crippen LogP contribution in [0.25, 0.3) is 0 Å². The van der Waals surface area contributed by atoms with Crippen LogP contribution in [0.1, 0.15) is 27.9 Å². The van der Waals surface area contributed by atoms with E-state index in [0.29, 0.717) is 11.5 Å². The van der Waals surface area contributed by atoms with Crippen molar-refractivity contribution in [3.05, 3.63) is 72.1 Å². The molecule has 0 saturated heterocycles. The minimum Gasteiger partial charge on any atom is -0.378 e. The molecule has 0 unspecified atom stereocenters. The second kappa shape index (κ2) is 6.91. The highest BCUT2D eigenvalue weighted by Crippen LogP contribution is 2.19. The van der Waals surface area contributed by atoms with E-state index >= 15 is 0 Å². The zero-order chi connectivity index (χ0) is 16.9. The van der Waals surface area contributed by atoms with Gasteiger partial charge in [0.25, 0.3) is 5.91 Å². The summed E-state index contributed by atoms with van der Waals surface area (Å²) in [5, 5.41) is 9.66. The van der Waals surface area contributed by atoms with Gasteiger partial charge >= 0.3 is 0 Å². The van der Waals surface area contributed by atoms with Gasteiger partial charge in [0, 0.05) is 26.0 Å². The summed E-state index contributed by atoms with van der Waals surface area (Å²) >= 11 is 0. The Morgan fingerprint density at radius 2 is 1.96 bits per heavy atom. The zero-order valence-corrected chi connectivity index (χ0v) is 13.5. The molecule has 1 aromatic carbocycles.